The molecule has 1 unspecified atom stereocenters. The van der Waals surface area contributed by atoms with Gasteiger partial charge in [-0.25, -0.2) is 0 Å². The molecular formula is C20H40N4O2S. The number of guanidine groups is 1. The number of ether oxygens (including phenoxy) is 1. The molecule has 2 rings (SSSR count). The summed E-state index contributed by atoms with van der Waals surface area (Å²) in [6.07, 6.45) is 4.77. The van der Waals surface area contributed by atoms with Crippen LogP contribution in [0.25, 0.3) is 0 Å². The van der Waals surface area contributed by atoms with Crippen LogP contribution in [-0.4, -0.2) is 84.5 Å². The second kappa shape index (κ2) is 11.5. The first-order valence-electron chi connectivity index (χ1n) is 10.7. The average Bonchev–Trinajstić information content (AvgIpc) is 3.15. The van der Waals surface area contributed by atoms with E-state index in [4.69, 9.17) is 9.73 Å². The van der Waals surface area contributed by atoms with Gasteiger partial charge in [0.25, 0.3) is 0 Å². The number of hydrogen-bond acceptors (Lipinski definition) is 5. The molecule has 2 heterocycles. The van der Waals surface area contributed by atoms with E-state index in [1.165, 1.54) is 12.2 Å². The first kappa shape index (κ1) is 22.8. The monoisotopic (exact) mass is 400 g/mol. The van der Waals surface area contributed by atoms with Crippen LogP contribution in [0.2, 0.25) is 0 Å². The molecule has 158 valence electrons. The lowest BCUT2D eigenvalue weighted by Crippen LogP contribution is -2.60. The van der Waals surface area contributed by atoms with Gasteiger partial charge in [0.2, 0.25) is 0 Å². The van der Waals surface area contributed by atoms with Gasteiger partial charge in [-0.1, -0.05) is 26.7 Å². The van der Waals surface area contributed by atoms with Gasteiger partial charge in [-0.2, -0.15) is 11.8 Å². The average molecular weight is 401 g/mol. The summed E-state index contributed by atoms with van der Waals surface area (Å²) in [6.45, 7) is 12.2. The highest BCUT2D eigenvalue weighted by molar-refractivity contribution is 7.99. The third kappa shape index (κ3) is 6.80. The molecule has 6 nitrogen and oxygen atoms in total. The summed E-state index contributed by atoms with van der Waals surface area (Å²) in [6, 6.07) is 0. The number of morpholine rings is 1. The molecular weight excluding hydrogens is 360 g/mol. The lowest BCUT2D eigenvalue weighted by atomic mass is 9.93. The Morgan fingerprint density at radius 2 is 1.89 bits per heavy atom. The van der Waals surface area contributed by atoms with E-state index in [9.17, 15) is 5.11 Å². The molecule has 0 radical (unpaired) electrons. The topological polar surface area (TPSA) is 69.1 Å². The van der Waals surface area contributed by atoms with E-state index < -0.39 is 5.60 Å². The van der Waals surface area contributed by atoms with Crippen LogP contribution in [0.1, 0.15) is 52.9 Å². The van der Waals surface area contributed by atoms with E-state index >= 15 is 0 Å². The molecule has 3 N–H and O–H groups in total. The Kier molecular flexibility index (Phi) is 9.70. The van der Waals surface area contributed by atoms with Gasteiger partial charge in [-0.15, -0.1) is 0 Å². The molecule has 2 aliphatic rings. The van der Waals surface area contributed by atoms with Crippen molar-refractivity contribution in [1.29, 1.82) is 0 Å². The standard InChI is InChI=1S/C20H40N4O2S/c1-4-7-20(25,8-5-2)16-23-18(21-6-3)22-15-19(9-14-27-17-19)24-10-12-26-13-11-24/h25H,4-17H2,1-3H3,(H2,21,22,23). The highest BCUT2D eigenvalue weighted by Crippen LogP contribution is 2.33. The summed E-state index contributed by atoms with van der Waals surface area (Å²) in [5, 5.41) is 17.8. The zero-order chi connectivity index (χ0) is 19.6. The summed E-state index contributed by atoms with van der Waals surface area (Å²) in [7, 11) is 0. The Balaban J connectivity index is 2.00. The number of nitrogens with zero attached hydrogens (tertiary/aromatic N) is 2. The third-order valence-corrected chi connectivity index (χ3v) is 6.89. The van der Waals surface area contributed by atoms with Gasteiger partial charge < -0.3 is 20.5 Å². The van der Waals surface area contributed by atoms with Crippen LogP contribution in [0.15, 0.2) is 4.99 Å². The molecule has 1 atom stereocenters. The second-order valence-electron chi connectivity index (χ2n) is 7.90. The minimum Gasteiger partial charge on any atom is -0.388 e. The van der Waals surface area contributed by atoms with Gasteiger partial charge >= 0.3 is 0 Å². The largest absolute Gasteiger partial charge is 0.388 e. The van der Waals surface area contributed by atoms with E-state index in [-0.39, 0.29) is 5.54 Å². The van der Waals surface area contributed by atoms with Crippen molar-refractivity contribution in [1.82, 2.24) is 15.5 Å². The van der Waals surface area contributed by atoms with Crippen LogP contribution in [0, 0.1) is 0 Å². The maximum atomic E-state index is 10.9. The van der Waals surface area contributed by atoms with E-state index in [1.807, 2.05) is 11.8 Å². The van der Waals surface area contributed by atoms with Crippen LogP contribution in [-0.2, 0) is 4.74 Å². The van der Waals surface area contributed by atoms with Crippen molar-refractivity contribution in [2.24, 2.45) is 4.99 Å². The molecule has 2 aliphatic heterocycles. The highest BCUT2D eigenvalue weighted by atomic mass is 32.2. The van der Waals surface area contributed by atoms with Crippen LogP contribution < -0.4 is 10.6 Å². The number of rotatable bonds is 10. The number of aliphatic hydroxyl groups is 1. The fourth-order valence-corrected chi connectivity index (χ4v) is 5.64. The summed E-state index contributed by atoms with van der Waals surface area (Å²) in [5.74, 6) is 3.21. The van der Waals surface area contributed by atoms with Crippen LogP contribution in [0.5, 0.6) is 0 Å². The van der Waals surface area contributed by atoms with Crippen LogP contribution in [0.3, 0.4) is 0 Å². The van der Waals surface area contributed by atoms with Gasteiger partial charge in [0.15, 0.2) is 5.96 Å². The maximum absolute atomic E-state index is 10.9. The Labute approximate surface area is 169 Å². The molecule has 0 spiro atoms. The quantitative estimate of drug-likeness (QED) is 0.385. The molecule has 2 fully saturated rings. The number of nitrogens with one attached hydrogen (secondary N) is 2. The van der Waals surface area contributed by atoms with Crippen molar-refractivity contribution in [3.05, 3.63) is 0 Å². The number of hydrogen-bond donors (Lipinski definition) is 3. The molecule has 0 aromatic rings. The number of aliphatic imine (C=N–C) groups is 1. The second-order valence-corrected chi connectivity index (χ2v) is 9.00. The lowest BCUT2D eigenvalue weighted by Gasteiger charge is -2.43. The molecule has 27 heavy (non-hydrogen) atoms. The molecule has 0 bridgehead atoms. The van der Waals surface area contributed by atoms with Gasteiger partial charge in [0, 0.05) is 37.5 Å². The predicted octanol–water partition coefficient (Wildman–Crippen LogP) is 2.08. The van der Waals surface area contributed by atoms with Gasteiger partial charge in [-0.3, -0.25) is 9.89 Å². The Morgan fingerprint density at radius 3 is 2.44 bits per heavy atom. The van der Waals surface area contributed by atoms with E-state index in [1.54, 1.807) is 0 Å². The highest BCUT2D eigenvalue weighted by Gasteiger charge is 2.40. The zero-order valence-corrected chi connectivity index (χ0v) is 18.4. The van der Waals surface area contributed by atoms with Crippen molar-refractivity contribution < 1.29 is 9.84 Å². The van der Waals surface area contributed by atoms with Crippen LogP contribution >= 0.6 is 11.8 Å². The maximum Gasteiger partial charge on any atom is 0.191 e. The first-order chi connectivity index (χ1) is 13.1. The smallest absolute Gasteiger partial charge is 0.191 e. The fraction of sp³-hybridized carbons (Fsp3) is 0.950. The fourth-order valence-electron chi connectivity index (χ4n) is 4.16. The zero-order valence-electron chi connectivity index (χ0n) is 17.6. The predicted molar refractivity (Wildman–Crippen MR) is 116 cm³/mol. The minimum atomic E-state index is -0.684. The normalized spacial score (nSPS) is 25.0. The summed E-state index contributed by atoms with van der Waals surface area (Å²) >= 11 is 2.05. The molecule has 2 saturated heterocycles. The molecule has 0 aromatic heterocycles. The van der Waals surface area contributed by atoms with Gasteiger partial charge in [-0.05, 0) is 31.9 Å². The third-order valence-electron chi connectivity index (χ3n) is 5.66. The van der Waals surface area contributed by atoms with Crippen molar-refractivity contribution >= 4 is 17.7 Å². The van der Waals surface area contributed by atoms with Gasteiger partial charge in [0.1, 0.15) is 0 Å². The van der Waals surface area contributed by atoms with Crippen molar-refractivity contribution in [3.63, 3.8) is 0 Å². The number of thioether (sulfide) groups is 1. The van der Waals surface area contributed by atoms with Crippen molar-refractivity contribution in [2.75, 3.05) is 57.4 Å². The van der Waals surface area contributed by atoms with Crippen LogP contribution in [0.4, 0.5) is 0 Å². The first-order valence-corrected chi connectivity index (χ1v) is 11.9. The summed E-state index contributed by atoms with van der Waals surface area (Å²) in [5.41, 5.74) is -0.495. The van der Waals surface area contributed by atoms with E-state index in [2.05, 4.69) is 36.3 Å². The Morgan fingerprint density at radius 1 is 1.19 bits per heavy atom. The van der Waals surface area contributed by atoms with E-state index in [0.29, 0.717) is 6.54 Å². The molecule has 0 amide bonds. The molecule has 0 aliphatic carbocycles. The van der Waals surface area contributed by atoms with Gasteiger partial charge in [0.05, 0.1) is 25.4 Å². The molecule has 0 aromatic carbocycles. The Hall–Kier alpha value is -0.500. The van der Waals surface area contributed by atoms with E-state index in [0.717, 1.165) is 76.8 Å². The molecule has 0 saturated carbocycles. The minimum absolute atomic E-state index is 0.188. The van der Waals surface area contributed by atoms with Crippen molar-refractivity contribution in [3.8, 4) is 0 Å². The molecule has 7 heteroatoms. The van der Waals surface area contributed by atoms with Crippen molar-refractivity contribution in [2.45, 2.75) is 64.0 Å². The summed E-state index contributed by atoms with van der Waals surface area (Å²) in [4.78, 5) is 7.36. The lowest BCUT2D eigenvalue weighted by molar-refractivity contribution is -0.0120. The SMILES string of the molecule is CCCC(O)(CCC)CN=C(NCC)NCC1(N2CCOCC2)CCSC1. The Bertz CT molecular complexity index is 443. The summed E-state index contributed by atoms with van der Waals surface area (Å²) < 4.78 is 5.56.